The molecule has 20 heavy (non-hydrogen) atoms. The number of furan rings is 1. The molecule has 1 aliphatic heterocycles. The lowest BCUT2D eigenvalue weighted by Gasteiger charge is -2.20. The number of aryl methyl sites for hydroxylation is 2. The predicted octanol–water partition coefficient (Wildman–Crippen LogP) is 3.48. The van der Waals surface area contributed by atoms with Crippen LogP contribution in [0.1, 0.15) is 42.0 Å². The zero-order chi connectivity index (χ0) is 13.9. The van der Waals surface area contributed by atoms with Crippen molar-refractivity contribution in [2.45, 2.75) is 32.2 Å². The second-order valence-electron chi connectivity index (χ2n) is 5.20. The van der Waals surface area contributed by atoms with Crippen LogP contribution in [0.15, 0.2) is 34.7 Å². The molecule has 3 rings (SSSR count). The van der Waals surface area contributed by atoms with Crippen molar-refractivity contribution in [2.75, 3.05) is 13.7 Å². The Bertz CT molecular complexity index is 588. The summed E-state index contributed by atoms with van der Waals surface area (Å²) >= 11 is 0. The number of hydrogen-bond donors (Lipinski definition) is 1. The van der Waals surface area contributed by atoms with E-state index in [4.69, 9.17) is 9.15 Å². The summed E-state index contributed by atoms with van der Waals surface area (Å²) in [6.45, 7) is 2.94. The summed E-state index contributed by atoms with van der Waals surface area (Å²) in [7, 11) is 1.97. The number of hydrogen-bond acceptors (Lipinski definition) is 3. The summed E-state index contributed by atoms with van der Waals surface area (Å²) in [5.41, 5.74) is 2.53. The van der Waals surface area contributed by atoms with E-state index in [1.54, 1.807) is 0 Å². The van der Waals surface area contributed by atoms with Gasteiger partial charge < -0.3 is 14.5 Å². The third kappa shape index (κ3) is 2.46. The maximum Gasteiger partial charge on any atom is 0.125 e. The van der Waals surface area contributed by atoms with Crippen LogP contribution in [-0.2, 0) is 12.8 Å². The van der Waals surface area contributed by atoms with E-state index in [1.165, 1.54) is 11.1 Å². The van der Waals surface area contributed by atoms with Gasteiger partial charge in [-0.25, -0.2) is 0 Å². The van der Waals surface area contributed by atoms with Gasteiger partial charge in [-0.05, 0) is 49.2 Å². The molecule has 1 atom stereocenters. The molecule has 3 nitrogen and oxygen atoms in total. The number of rotatable bonds is 4. The van der Waals surface area contributed by atoms with Crippen LogP contribution in [-0.4, -0.2) is 13.7 Å². The van der Waals surface area contributed by atoms with Crippen molar-refractivity contribution in [3.63, 3.8) is 0 Å². The van der Waals surface area contributed by atoms with Gasteiger partial charge in [-0.2, -0.15) is 0 Å². The Morgan fingerprint density at radius 3 is 2.90 bits per heavy atom. The molecule has 3 heteroatoms. The first kappa shape index (κ1) is 13.3. The summed E-state index contributed by atoms with van der Waals surface area (Å²) in [4.78, 5) is 0. The number of benzene rings is 1. The van der Waals surface area contributed by atoms with E-state index in [0.717, 1.165) is 43.1 Å². The second kappa shape index (κ2) is 5.71. The molecule has 0 fully saturated rings. The Hall–Kier alpha value is -1.74. The minimum absolute atomic E-state index is 0.0996. The third-order valence-electron chi connectivity index (χ3n) is 3.87. The first-order valence-corrected chi connectivity index (χ1v) is 7.33. The minimum Gasteiger partial charge on any atom is -0.493 e. The molecule has 1 aromatic carbocycles. The molecular weight excluding hydrogens is 250 g/mol. The SMILES string of the molecule is CCc1ccc(C(NC)c2ccc3c(c2)CCCO3)o1. The maximum atomic E-state index is 5.89. The highest BCUT2D eigenvalue weighted by atomic mass is 16.5. The van der Waals surface area contributed by atoms with Crippen LogP contribution in [0.2, 0.25) is 0 Å². The van der Waals surface area contributed by atoms with Crippen molar-refractivity contribution < 1.29 is 9.15 Å². The molecule has 2 heterocycles. The molecule has 1 aromatic heterocycles. The fourth-order valence-corrected chi connectivity index (χ4v) is 2.77. The first-order chi connectivity index (χ1) is 9.81. The van der Waals surface area contributed by atoms with Crippen LogP contribution in [0, 0.1) is 0 Å². The fourth-order valence-electron chi connectivity index (χ4n) is 2.77. The molecule has 0 bridgehead atoms. The summed E-state index contributed by atoms with van der Waals surface area (Å²) in [5, 5.41) is 3.34. The molecule has 0 saturated heterocycles. The van der Waals surface area contributed by atoms with Gasteiger partial charge in [0, 0.05) is 6.42 Å². The average Bonchev–Trinajstić information content (AvgIpc) is 2.97. The lowest BCUT2D eigenvalue weighted by atomic mass is 9.98. The largest absolute Gasteiger partial charge is 0.493 e. The van der Waals surface area contributed by atoms with Crippen molar-refractivity contribution in [3.05, 3.63) is 53.0 Å². The van der Waals surface area contributed by atoms with E-state index < -0.39 is 0 Å². The molecule has 0 aliphatic carbocycles. The highest BCUT2D eigenvalue weighted by Crippen LogP contribution is 2.30. The van der Waals surface area contributed by atoms with Crippen molar-refractivity contribution in [3.8, 4) is 5.75 Å². The van der Waals surface area contributed by atoms with Crippen LogP contribution in [0.5, 0.6) is 5.75 Å². The highest BCUT2D eigenvalue weighted by molar-refractivity contribution is 5.41. The van der Waals surface area contributed by atoms with Gasteiger partial charge in [-0.15, -0.1) is 0 Å². The molecule has 2 aromatic rings. The van der Waals surface area contributed by atoms with E-state index in [-0.39, 0.29) is 6.04 Å². The Morgan fingerprint density at radius 1 is 1.25 bits per heavy atom. The van der Waals surface area contributed by atoms with Gasteiger partial charge in [-0.1, -0.05) is 19.1 Å². The number of ether oxygens (including phenoxy) is 1. The van der Waals surface area contributed by atoms with Gasteiger partial charge in [0.2, 0.25) is 0 Å². The van der Waals surface area contributed by atoms with Gasteiger partial charge in [-0.3, -0.25) is 0 Å². The van der Waals surface area contributed by atoms with Gasteiger partial charge in [0.25, 0.3) is 0 Å². The van der Waals surface area contributed by atoms with Crippen LogP contribution in [0.25, 0.3) is 0 Å². The zero-order valence-electron chi connectivity index (χ0n) is 12.1. The van der Waals surface area contributed by atoms with Crippen molar-refractivity contribution in [2.24, 2.45) is 0 Å². The Balaban J connectivity index is 1.92. The molecule has 1 unspecified atom stereocenters. The summed E-state index contributed by atoms with van der Waals surface area (Å²) < 4.78 is 11.6. The minimum atomic E-state index is 0.0996. The molecular formula is C17H21NO2. The van der Waals surface area contributed by atoms with Crippen molar-refractivity contribution in [1.82, 2.24) is 5.32 Å². The highest BCUT2D eigenvalue weighted by Gasteiger charge is 2.18. The smallest absolute Gasteiger partial charge is 0.125 e. The van der Waals surface area contributed by atoms with E-state index in [2.05, 4.69) is 42.6 Å². The van der Waals surface area contributed by atoms with E-state index >= 15 is 0 Å². The van der Waals surface area contributed by atoms with Crippen LogP contribution < -0.4 is 10.1 Å². The molecule has 1 N–H and O–H groups in total. The molecule has 0 spiro atoms. The Morgan fingerprint density at radius 2 is 2.15 bits per heavy atom. The topological polar surface area (TPSA) is 34.4 Å². The summed E-state index contributed by atoms with van der Waals surface area (Å²) in [6, 6.07) is 10.7. The quantitative estimate of drug-likeness (QED) is 0.924. The summed E-state index contributed by atoms with van der Waals surface area (Å²) in [5.74, 6) is 3.03. The van der Waals surface area contributed by atoms with Gasteiger partial charge in [0.05, 0.1) is 12.6 Å². The first-order valence-electron chi connectivity index (χ1n) is 7.33. The molecule has 0 radical (unpaired) electrons. The van der Waals surface area contributed by atoms with Crippen molar-refractivity contribution >= 4 is 0 Å². The fraction of sp³-hybridized carbons (Fsp3) is 0.412. The molecule has 1 aliphatic rings. The molecule has 106 valence electrons. The van der Waals surface area contributed by atoms with Gasteiger partial charge in [0.1, 0.15) is 17.3 Å². The van der Waals surface area contributed by atoms with Crippen molar-refractivity contribution in [1.29, 1.82) is 0 Å². The van der Waals surface area contributed by atoms with E-state index in [0.29, 0.717) is 0 Å². The van der Waals surface area contributed by atoms with Crippen LogP contribution in [0.4, 0.5) is 0 Å². The predicted molar refractivity (Wildman–Crippen MR) is 79.2 cm³/mol. The standard InChI is InChI=1S/C17H21NO2/c1-3-14-7-9-16(20-14)17(18-2)13-6-8-15-12(11-13)5-4-10-19-15/h6-9,11,17-18H,3-5,10H2,1-2H3. The lowest BCUT2D eigenvalue weighted by molar-refractivity contribution is 0.288. The average molecular weight is 271 g/mol. The zero-order valence-corrected chi connectivity index (χ0v) is 12.1. The van der Waals surface area contributed by atoms with Crippen LogP contribution >= 0.6 is 0 Å². The second-order valence-corrected chi connectivity index (χ2v) is 5.20. The molecule has 0 saturated carbocycles. The number of fused-ring (bicyclic) bond motifs is 1. The van der Waals surface area contributed by atoms with Gasteiger partial charge >= 0.3 is 0 Å². The summed E-state index contributed by atoms with van der Waals surface area (Å²) in [6.07, 6.45) is 3.12. The maximum absolute atomic E-state index is 5.89. The van der Waals surface area contributed by atoms with E-state index in [9.17, 15) is 0 Å². The lowest BCUT2D eigenvalue weighted by Crippen LogP contribution is -2.18. The molecule has 0 amide bonds. The van der Waals surface area contributed by atoms with Gasteiger partial charge in [0.15, 0.2) is 0 Å². The Kier molecular flexibility index (Phi) is 3.79. The monoisotopic (exact) mass is 271 g/mol. The number of nitrogens with one attached hydrogen (secondary N) is 1. The third-order valence-corrected chi connectivity index (χ3v) is 3.87. The Labute approximate surface area is 119 Å². The van der Waals surface area contributed by atoms with Crippen LogP contribution in [0.3, 0.4) is 0 Å². The van der Waals surface area contributed by atoms with E-state index in [1.807, 2.05) is 7.05 Å². The normalized spacial score (nSPS) is 15.5.